The Morgan fingerprint density at radius 3 is 2.50 bits per heavy atom. The van der Waals surface area contributed by atoms with Gasteiger partial charge in [0.15, 0.2) is 0 Å². The van der Waals surface area contributed by atoms with Crippen LogP contribution in [-0.2, 0) is 17.6 Å². The van der Waals surface area contributed by atoms with E-state index in [-0.39, 0.29) is 11.9 Å². The highest BCUT2D eigenvalue weighted by atomic mass is 32.2. The molecular formula is C20H23NO3S2. The lowest BCUT2D eigenvalue weighted by atomic mass is 9.95. The highest BCUT2D eigenvalue weighted by Gasteiger charge is 2.27. The van der Waals surface area contributed by atoms with Crippen LogP contribution in [0.4, 0.5) is 5.00 Å². The minimum absolute atomic E-state index is 0.199. The summed E-state index contributed by atoms with van der Waals surface area (Å²) in [5.74, 6) is -0.571. The summed E-state index contributed by atoms with van der Waals surface area (Å²) in [4.78, 5) is 27.3. The molecule has 3 rings (SSSR count). The fourth-order valence-corrected chi connectivity index (χ4v) is 5.21. The molecule has 1 aromatic heterocycles. The SMILES string of the molecule is COC(=O)c1c(NC(=O)c2ccc(SC(C)C)cc2)sc2c1CCCC2. The number of benzene rings is 1. The molecule has 26 heavy (non-hydrogen) atoms. The van der Waals surface area contributed by atoms with Gasteiger partial charge < -0.3 is 10.1 Å². The Bertz CT molecular complexity index is 809. The van der Waals surface area contributed by atoms with E-state index in [0.717, 1.165) is 36.1 Å². The normalized spacial score (nSPS) is 13.4. The number of amides is 1. The number of fused-ring (bicyclic) bond motifs is 1. The fourth-order valence-electron chi connectivity index (χ4n) is 3.10. The second kappa shape index (κ2) is 8.27. The Kier molecular flexibility index (Phi) is 6.04. The third kappa shape index (κ3) is 4.13. The molecule has 0 saturated carbocycles. The molecule has 0 spiro atoms. The van der Waals surface area contributed by atoms with Gasteiger partial charge in [-0.1, -0.05) is 13.8 Å². The summed E-state index contributed by atoms with van der Waals surface area (Å²) < 4.78 is 4.95. The monoisotopic (exact) mass is 389 g/mol. The van der Waals surface area contributed by atoms with Crippen molar-refractivity contribution in [3.8, 4) is 0 Å². The Morgan fingerprint density at radius 2 is 1.85 bits per heavy atom. The van der Waals surface area contributed by atoms with Crippen LogP contribution in [0, 0.1) is 0 Å². The maximum absolute atomic E-state index is 12.7. The highest BCUT2D eigenvalue weighted by Crippen LogP contribution is 2.38. The van der Waals surface area contributed by atoms with Crippen LogP contribution in [0.25, 0.3) is 0 Å². The van der Waals surface area contributed by atoms with E-state index in [9.17, 15) is 9.59 Å². The number of nitrogens with one attached hydrogen (secondary N) is 1. The second-order valence-electron chi connectivity index (χ2n) is 6.55. The van der Waals surface area contributed by atoms with Crippen molar-refractivity contribution in [1.82, 2.24) is 0 Å². The van der Waals surface area contributed by atoms with Crippen LogP contribution in [0.3, 0.4) is 0 Å². The summed E-state index contributed by atoms with van der Waals surface area (Å²) in [7, 11) is 1.38. The Hall–Kier alpha value is -1.79. The summed E-state index contributed by atoms with van der Waals surface area (Å²) in [6, 6.07) is 7.57. The van der Waals surface area contributed by atoms with Crippen molar-refractivity contribution < 1.29 is 14.3 Å². The zero-order valence-electron chi connectivity index (χ0n) is 15.3. The van der Waals surface area contributed by atoms with Gasteiger partial charge in [0.2, 0.25) is 0 Å². The number of carbonyl (C=O) groups is 2. The van der Waals surface area contributed by atoms with Gasteiger partial charge in [0.05, 0.1) is 12.7 Å². The number of methoxy groups -OCH3 is 1. The van der Waals surface area contributed by atoms with E-state index >= 15 is 0 Å². The third-order valence-electron chi connectivity index (χ3n) is 4.28. The first-order valence-electron chi connectivity index (χ1n) is 8.80. The number of aryl methyl sites for hydroxylation is 1. The van der Waals surface area contributed by atoms with E-state index in [1.54, 1.807) is 11.8 Å². The minimum Gasteiger partial charge on any atom is -0.465 e. The number of hydrogen-bond donors (Lipinski definition) is 1. The highest BCUT2D eigenvalue weighted by molar-refractivity contribution is 7.99. The molecule has 1 heterocycles. The quantitative estimate of drug-likeness (QED) is 0.566. The van der Waals surface area contributed by atoms with Crippen molar-refractivity contribution in [2.24, 2.45) is 0 Å². The molecule has 0 radical (unpaired) electrons. The maximum atomic E-state index is 12.7. The molecule has 0 unspecified atom stereocenters. The zero-order chi connectivity index (χ0) is 18.7. The van der Waals surface area contributed by atoms with Crippen LogP contribution in [0.15, 0.2) is 29.2 Å². The van der Waals surface area contributed by atoms with Crippen LogP contribution in [0.5, 0.6) is 0 Å². The van der Waals surface area contributed by atoms with E-state index in [1.807, 2.05) is 24.3 Å². The molecule has 1 N–H and O–H groups in total. The molecular weight excluding hydrogens is 366 g/mol. The minimum atomic E-state index is -0.372. The van der Waals surface area contributed by atoms with Crippen molar-refractivity contribution in [2.75, 3.05) is 12.4 Å². The van der Waals surface area contributed by atoms with Gasteiger partial charge in [-0.3, -0.25) is 4.79 Å². The Labute approximate surface area is 162 Å². The predicted octanol–water partition coefficient (Wildman–Crippen LogP) is 5.17. The third-order valence-corrected chi connectivity index (χ3v) is 6.50. The van der Waals surface area contributed by atoms with E-state index in [4.69, 9.17) is 4.74 Å². The van der Waals surface area contributed by atoms with Crippen molar-refractivity contribution in [1.29, 1.82) is 0 Å². The Morgan fingerprint density at radius 1 is 1.15 bits per heavy atom. The number of ether oxygens (including phenoxy) is 1. The molecule has 6 heteroatoms. The summed E-state index contributed by atoms with van der Waals surface area (Å²) in [6.45, 7) is 4.27. The lowest BCUT2D eigenvalue weighted by Gasteiger charge is -2.11. The van der Waals surface area contributed by atoms with Crippen molar-refractivity contribution in [3.05, 3.63) is 45.8 Å². The first-order chi connectivity index (χ1) is 12.5. The maximum Gasteiger partial charge on any atom is 0.341 e. The predicted molar refractivity (Wildman–Crippen MR) is 108 cm³/mol. The summed E-state index contributed by atoms with van der Waals surface area (Å²) in [5.41, 5.74) is 2.17. The first-order valence-corrected chi connectivity index (χ1v) is 10.5. The van der Waals surface area contributed by atoms with Crippen LogP contribution in [0.2, 0.25) is 0 Å². The Balaban J connectivity index is 1.83. The lowest BCUT2D eigenvalue weighted by Crippen LogP contribution is -2.15. The first kappa shape index (κ1) is 19.0. The number of hydrogen-bond acceptors (Lipinski definition) is 5. The molecule has 1 amide bonds. The van der Waals surface area contributed by atoms with Crippen molar-refractivity contribution in [3.63, 3.8) is 0 Å². The fraction of sp³-hybridized carbons (Fsp3) is 0.400. The van der Waals surface area contributed by atoms with Gasteiger partial charge in [0, 0.05) is 20.6 Å². The van der Waals surface area contributed by atoms with Gasteiger partial charge in [-0.15, -0.1) is 23.1 Å². The van der Waals surface area contributed by atoms with E-state index in [1.165, 1.54) is 23.3 Å². The van der Waals surface area contributed by atoms with E-state index in [2.05, 4.69) is 19.2 Å². The molecule has 1 aliphatic carbocycles. The van der Waals surface area contributed by atoms with Gasteiger partial charge in [-0.2, -0.15) is 0 Å². The number of thiophene rings is 1. The van der Waals surface area contributed by atoms with Gasteiger partial charge in [-0.05, 0) is 55.5 Å². The van der Waals surface area contributed by atoms with Crippen LogP contribution < -0.4 is 5.32 Å². The van der Waals surface area contributed by atoms with E-state index in [0.29, 0.717) is 21.4 Å². The summed E-state index contributed by atoms with van der Waals surface area (Å²) in [6.07, 6.45) is 4.01. The molecule has 138 valence electrons. The number of anilines is 1. The zero-order valence-corrected chi connectivity index (χ0v) is 16.9. The molecule has 0 aliphatic heterocycles. The van der Waals surface area contributed by atoms with Gasteiger partial charge >= 0.3 is 5.97 Å². The number of esters is 1. The topological polar surface area (TPSA) is 55.4 Å². The standard InChI is InChI=1S/C20H23NO3S2/c1-12(2)25-14-10-8-13(9-11-14)18(22)21-19-17(20(23)24-3)15-6-4-5-7-16(15)26-19/h8-12H,4-7H2,1-3H3,(H,21,22). The van der Waals surface area contributed by atoms with Crippen LogP contribution >= 0.6 is 23.1 Å². The van der Waals surface area contributed by atoms with Crippen molar-refractivity contribution >= 4 is 40.0 Å². The van der Waals surface area contributed by atoms with Crippen LogP contribution in [-0.4, -0.2) is 24.2 Å². The summed E-state index contributed by atoms with van der Waals surface area (Å²) >= 11 is 3.26. The van der Waals surface area contributed by atoms with Crippen molar-refractivity contribution in [2.45, 2.75) is 49.7 Å². The van der Waals surface area contributed by atoms with Gasteiger partial charge in [0.1, 0.15) is 5.00 Å². The number of carbonyl (C=O) groups excluding carboxylic acids is 2. The van der Waals surface area contributed by atoms with Gasteiger partial charge in [-0.25, -0.2) is 4.79 Å². The summed E-state index contributed by atoms with van der Waals surface area (Å²) in [5, 5.41) is 4.03. The lowest BCUT2D eigenvalue weighted by molar-refractivity contribution is 0.0601. The molecule has 0 bridgehead atoms. The molecule has 1 aliphatic rings. The average molecular weight is 390 g/mol. The van der Waals surface area contributed by atoms with Gasteiger partial charge in [0.25, 0.3) is 5.91 Å². The molecule has 0 fully saturated rings. The number of thioether (sulfide) groups is 1. The smallest absolute Gasteiger partial charge is 0.341 e. The molecule has 4 nitrogen and oxygen atoms in total. The second-order valence-corrected chi connectivity index (χ2v) is 9.31. The average Bonchev–Trinajstić information content (AvgIpc) is 2.99. The largest absolute Gasteiger partial charge is 0.465 e. The molecule has 0 atom stereocenters. The van der Waals surface area contributed by atoms with E-state index < -0.39 is 0 Å². The molecule has 1 aromatic carbocycles. The number of rotatable bonds is 5. The molecule has 0 saturated heterocycles. The van der Waals surface area contributed by atoms with Crippen LogP contribution in [0.1, 0.15) is 57.8 Å². The molecule has 2 aromatic rings.